The van der Waals surface area contributed by atoms with E-state index in [2.05, 4.69) is 10.6 Å². The van der Waals surface area contributed by atoms with Gasteiger partial charge in [0.25, 0.3) is 0 Å². The Morgan fingerprint density at radius 1 is 1.35 bits per heavy atom. The summed E-state index contributed by atoms with van der Waals surface area (Å²) in [5, 5.41) is 6.72. The molecular weight excluding hydrogens is 254 g/mol. The van der Waals surface area contributed by atoms with Gasteiger partial charge in [0.1, 0.15) is 5.60 Å². The van der Waals surface area contributed by atoms with Gasteiger partial charge in [0, 0.05) is 18.8 Å². The molecule has 1 amide bonds. The summed E-state index contributed by atoms with van der Waals surface area (Å²) in [6.45, 7) is 7.65. The molecular formula is C15H23N3O2. The molecule has 0 bridgehead atoms. The van der Waals surface area contributed by atoms with E-state index in [-0.39, 0.29) is 12.3 Å². The van der Waals surface area contributed by atoms with Crippen molar-refractivity contribution in [3.05, 3.63) is 30.3 Å². The standard InChI is InChI=1S/C15H23N3O2/c1-15(2,3)20-14(19)18-10-9-16-13(11-18)17-12-7-5-4-6-8-12/h4-8,13,16-17H,9-11H2,1-3H3/t13-/m0/s1. The molecule has 0 saturated carbocycles. The minimum atomic E-state index is -0.454. The van der Waals surface area contributed by atoms with E-state index in [4.69, 9.17) is 4.74 Å². The van der Waals surface area contributed by atoms with Crippen molar-refractivity contribution in [3.8, 4) is 0 Å². The smallest absolute Gasteiger partial charge is 0.410 e. The van der Waals surface area contributed by atoms with Crippen molar-refractivity contribution in [1.82, 2.24) is 10.2 Å². The first-order valence-corrected chi connectivity index (χ1v) is 6.97. The lowest BCUT2D eigenvalue weighted by Gasteiger charge is -2.35. The number of ether oxygens (including phenoxy) is 1. The molecule has 1 aromatic carbocycles. The first-order valence-electron chi connectivity index (χ1n) is 6.97. The molecule has 1 aromatic rings. The molecule has 0 aromatic heterocycles. The van der Waals surface area contributed by atoms with Gasteiger partial charge in [-0.1, -0.05) is 18.2 Å². The van der Waals surface area contributed by atoms with Crippen LogP contribution in [0, 0.1) is 0 Å². The average Bonchev–Trinajstić information content (AvgIpc) is 2.38. The summed E-state index contributed by atoms with van der Waals surface area (Å²) in [5.41, 5.74) is 0.584. The summed E-state index contributed by atoms with van der Waals surface area (Å²) in [5.74, 6) is 0. The Balaban J connectivity index is 1.90. The first-order chi connectivity index (χ1) is 9.44. The van der Waals surface area contributed by atoms with Crippen LogP contribution < -0.4 is 10.6 Å². The van der Waals surface area contributed by atoms with Crippen LogP contribution in [0.25, 0.3) is 0 Å². The molecule has 1 atom stereocenters. The zero-order chi connectivity index (χ0) is 14.6. The minimum absolute atomic E-state index is 0.0404. The van der Waals surface area contributed by atoms with Crippen LogP contribution in [0.5, 0.6) is 0 Å². The van der Waals surface area contributed by atoms with Crippen molar-refractivity contribution in [3.63, 3.8) is 0 Å². The zero-order valence-electron chi connectivity index (χ0n) is 12.3. The van der Waals surface area contributed by atoms with E-state index < -0.39 is 5.60 Å². The Kier molecular flexibility index (Phi) is 4.49. The summed E-state index contributed by atoms with van der Waals surface area (Å²) in [4.78, 5) is 13.8. The number of piperazine rings is 1. The normalized spacial score (nSPS) is 19.6. The second kappa shape index (κ2) is 6.13. The van der Waals surface area contributed by atoms with Gasteiger partial charge in [-0.3, -0.25) is 5.32 Å². The van der Waals surface area contributed by atoms with Gasteiger partial charge in [0.15, 0.2) is 0 Å². The number of anilines is 1. The van der Waals surface area contributed by atoms with Gasteiger partial charge in [0.05, 0.1) is 12.7 Å². The molecule has 1 aliphatic rings. The summed E-state index contributed by atoms with van der Waals surface area (Å²) < 4.78 is 5.41. The highest BCUT2D eigenvalue weighted by molar-refractivity contribution is 5.68. The van der Waals surface area contributed by atoms with Crippen LogP contribution in [-0.2, 0) is 4.74 Å². The van der Waals surface area contributed by atoms with Crippen molar-refractivity contribution in [2.24, 2.45) is 0 Å². The number of hydrogen-bond acceptors (Lipinski definition) is 4. The number of nitrogens with one attached hydrogen (secondary N) is 2. The van der Waals surface area contributed by atoms with Crippen LogP contribution in [0.4, 0.5) is 10.5 Å². The third-order valence-corrected chi connectivity index (χ3v) is 2.94. The number of nitrogens with zero attached hydrogens (tertiary/aromatic N) is 1. The molecule has 1 aliphatic heterocycles. The molecule has 20 heavy (non-hydrogen) atoms. The van der Waals surface area contributed by atoms with E-state index in [0.717, 1.165) is 12.2 Å². The highest BCUT2D eigenvalue weighted by Crippen LogP contribution is 2.13. The second-order valence-electron chi connectivity index (χ2n) is 5.94. The Labute approximate surface area is 120 Å². The first kappa shape index (κ1) is 14.7. The summed E-state index contributed by atoms with van der Waals surface area (Å²) in [6, 6.07) is 9.96. The van der Waals surface area contributed by atoms with Gasteiger partial charge in [-0.2, -0.15) is 0 Å². The molecule has 0 radical (unpaired) electrons. The number of hydrogen-bond donors (Lipinski definition) is 2. The molecule has 1 heterocycles. The summed E-state index contributed by atoms with van der Waals surface area (Å²) in [6.07, 6.45) is -0.211. The van der Waals surface area contributed by atoms with Crippen LogP contribution in [0.15, 0.2) is 30.3 Å². The van der Waals surface area contributed by atoms with Gasteiger partial charge in [0.2, 0.25) is 0 Å². The predicted octanol–water partition coefficient (Wildman–Crippen LogP) is 2.26. The van der Waals surface area contributed by atoms with Crippen molar-refractivity contribution < 1.29 is 9.53 Å². The van der Waals surface area contributed by atoms with E-state index >= 15 is 0 Å². The van der Waals surface area contributed by atoms with Crippen LogP contribution in [0.2, 0.25) is 0 Å². The van der Waals surface area contributed by atoms with E-state index in [0.29, 0.717) is 13.1 Å². The van der Waals surface area contributed by atoms with Gasteiger partial charge in [-0.15, -0.1) is 0 Å². The third-order valence-electron chi connectivity index (χ3n) is 2.94. The van der Waals surface area contributed by atoms with E-state index in [1.807, 2.05) is 51.1 Å². The maximum absolute atomic E-state index is 12.1. The lowest BCUT2D eigenvalue weighted by Crippen LogP contribution is -2.56. The Morgan fingerprint density at radius 3 is 2.70 bits per heavy atom. The predicted molar refractivity (Wildman–Crippen MR) is 79.7 cm³/mol. The van der Waals surface area contributed by atoms with Crippen molar-refractivity contribution in [2.75, 3.05) is 25.0 Å². The number of para-hydroxylation sites is 1. The van der Waals surface area contributed by atoms with Crippen LogP contribution in [0.1, 0.15) is 20.8 Å². The largest absolute Gasteiger partial charge is 0.444 e. The zero-order valence-corrected chi connectivity index (χ0v) is 12.3. The van der Waals surface area contributed by atoms with E-state index in [1.165, 1.54) is 0 Å². The van der Waals surface area contributed by atoms with Crippen molar-refractivity contribution in [2.45, 2.75) is 32.5 Å². The molecule has 5 nitrogen and oxygen atoms in total. The van der Waals surface area contributed by atoms with Gasteiger partial charge in [-0.25, -0.2) is 4.79 Å². The Morgan fingerprint density at radius 2 is 2.05 bits per heavy atom. The van der Waals surface area contributed by atoms with Crippen molar-refractivity contribution >= 4 is 11.8 Å². The van der Waals surface area contributed by atoms with Crippen molar-refractivity contribution in [1.29, 1.82) is 0 Å². The molecule has 1 saturated heterocycles. The maximum Gasteiger partial charge on any atom is 0.410 e. The number of amides is 1. The maximum atomic E-state index is 12.1. The molecule has 5 heteroatoms. The molecule has 0 spiro atoms. The summed E-state index contributed by atoms with van der Waals surface area (Å²) in [7, 11) is 0. The monoisotopic (exact) mass is 277 g/mol. The topological polar surface area (TPSA) is 53.6 Å². The van der Waals surface area contributed by atoms with E-state index in [1.54, 1.807) is 4.90 Å². The van der Waals surface area contributed by atoms with Gasteiger partial charge in [-0.05, 0) is 32.9 Å². The Bertz CT molecular complexity index is 442. The van der Waals surface area contributed by atoms with E-state index in [9.17, 15) is 4.79 Å². The number of carbonyl (C=O) groups excluding carboxylic acids is 1. The van der Waals surface area contributed by atoms with Crippen LogP contribution in [0.3, 0.4) is 0 Å². The highest BCUT2D eigenvalue weighted by Gasteiger charge is 2.27. The highest BCUT2D eigenvalue weighted by atomic mass is 16.6. The molecule has 2 rings (SSSR count). The molecule has 1 fully saturated rings. The number of rotatable bonds is 2. The Hall–Kier alpha value is -1.75. The summed E-state index contributed by atoms with van der Waals surface area (Å²) >= 11 is 0. The fourth-order valence-electron chi connectivity index (χ4n) is 2.07. The minimum Gasteiger partial charge on any atom is -0.444 e. The van der Waals surface area contributed by atoms with Gasteiger partial charge >= 0.3 is 6.09 Å². The lowest BCUT2D eigenvalue weighted by atomic mass is 10.2. The molecule has 0 aliphatic carbocycles. The lowest BCUT2D eigenvalue weighted by molar-refractivity contribution is 0.0204. The molecule has 0 unspecified atom stereocenters. The average molecular weight is 277 g/mol. The van der Waals surface area contributed by atoms with Crippen LogP contribution in [-0.4, -0.2) is 42.4 Å². The third kappa shape index (κ3) is 4.42. The second-order valence-corrected chi connectivity index (χ2v) is 5.94. The quantitative estimate of drug-likeness (QED) is 0.870. The van der Waals surface area contributed by atoms with Crippen LogP contribution >= 0.6 is 0 Å². The fraction of sp³-hybridized carbons (Fsp3) is 0.533. The molecule has 2 N–H and O–H groups in total. The number of carbonyl (C=O) groups is 1. The SMILES string of the molecule is CC(C)(C)OC(=O)N1CCN[C@@H](Nc2ccccc2)C1. The fourth-order valence-corrected chi connectivity index (χ4v) is 2.07. The molecule has 110 valence electrons. The van der Waals surface area contributed by atoms with Gasteiger partial charge < -0.3 is 15.0 Å². The number of benzene rings is 1.